The van der Waals surface area contributed by atoms with Gasteiger partial charge in [0.2, 0.25) is 0 Å². The van der Waals surface area contributed by atoms with Gasteiger partial charge < -0.3 is 15.4 Å². The maximum absolute atomic E-state index is 2.44. The van der Waals surface area contributed by atoms with Gasteiger partial charge in [-0.15, -0.1) is 0 Å². The first-order chi connectivity index (χ1) is 5.69. The molecule has 1 heterocycles. The number of hydrogen-bond donors (Lipinski definition) is 0. The number of likely N-dealkylation sites (tertiary alicyclic amines) is 1. The fraction of sp³-hybridized carbons (Fsp3) is 1.00. The van der Waals surface area contributed by atoms with Gasteiger partial charge in [0, 0.05) is 12.8 Å². The minimum Gasteiger partial charge on any atom is -0.412 e. The Morgan fingerprint density at radius 2 is 1.86 bits per heavy atom. The number of unbranched alkanes of at least 4 members (excludes halogenated alkanes) is 2. The predicted octanol–water partition coefficient (Wildman–Crippen LogP) is 1.16. The van der Waals surface area contributed by atoms with Crippen molar-refractivity contribution in [3.8, 4) is 0 Å². The Bertz CT molecular complexity index is 141. The highest BCUT2D eigenvalue weighted by atomic mass is 16.0. The van der Waals surface area contributed by atoms with Crippen LogP contribution in [0.15, 0.2) is 0 Å². The highest BCUT2D eigenvalue weighted by molar-refractivity contribution is 4.61. The van der Waals surface area contributed by atoms with Crippen LogP contribution in [0.4, 0.5) is 0 Å². The molecule has 14 heavy (non-hydrogen) atoms. The lowest BCUT2D eigenvalue weighted by Gasteiger charge is -2.34. The van der Waals surface area contributed by atoms with E-state index in [1.807, 2.05) is 0 Å². The summed E-state index contributed by atoms with van der Waals surface area (Å²) in [5.41, 5.74) is 0. The molecular weight excluding hydrogens is 178 g/mol. The molecule has 3 nitrogen and oxygen atoms in total. The molecule has 0 bridgehead atoms. The molecule has 0 aromatic heterocycles. The number of quaternary nitrogens is 1. The van der Waals surface area contributed by atoms with E-state index < -0.39 is 0 Å². The maximum atomic E-state index is 2.44. The summed E-state index contributed by atoms with van der Waals surface area (Å²) in [6.45, 7) is 7.53. The molecule has 1 aliphatic heterocycles. The summed E-state index contributed by atoms with van der Waals surface area (Å²) < 4.78 is 1.35. The second kappa shape index (κ2) is 7.21. The lowest BCUT2D eigenvalue weighted by molar-refractivity contribution is -0.919. The minimum atomic E-state index is 0. The fourth-order valence-corrected chi connectivity index (χ4v) is 2.34. The van der Waals surface area contributed by atoms with Crippen molar-refractivity contribution >= 4 is 0 Å². The average Bonchev–Trinajstić information content (AvgIpc) is 2.34. The molecule has 2 atom stereocenters. The first-order valence-corrected chi connectivity index (χ1v) is 5.53. The molecule has 1 saturated heterocycles. The molecule has 1 fully saturated rings. The van der Waals surface area contributed by atoms with E-state index in [9.17, 15) is 0 Å². The van der Waals surface area contributed by atoms with Gasteiger partial charge in [0.25, 0.3) is 0 Å². The van der Waals surface area contributed by atoms with Crippen molar-refractivity contribution in [1.29, 1.82) is 0 Å². The fourth-order valence-electron chi connectivity index (χ4n) is 2.34. The molecule has 2 unspecified atom stereocenters. The van der Waals surface area contributed by atoms with E-state index in [1.54, 1.807) is 0 Å². The maximum Gasteiger partial charge on any atom is 0.0861 e. The summed E-state index contributed by atoms with van der Waals surface area (Å²) in [7, 11) is 2.44. The molecule has 3 heteroatoms. The van der Waals surface area contributed by atoms with Crippen LogP contribution in [0.5, 0.6) is 0 Å². The molecule has 0 aromatic rings. The van der Waals surface area contributed by atoms with Crippen molar-refractivity contribution < 1.29 is 15.4 Å². The van der Waals surface area contributed by atoms with Crippen molar-refractivity contribution in [3.63, 3.8) is 0 Å². The molecule has 4 N–H and O–H groups in total. The third-order valence-electron chi connectivity index (χ3n) is 3.63. The Kier molecular flexibility index (Phi) is 8.40. The molecule has 0 amide bonds. The van der Waals surface area contributed by atoms with Crippen LogP contribution < -0.4 is 0 Å². The van der Waals surface area contributed by atoms with E-state index in [0.717, 1.165) is 6.04 Å². The molecule has 0 spiro atoms. The number of hydrogen-bond acceptors (Lipinski definition) is 0. The summed E-state index contributed by atoms with van der Waals surface area (Å²) in [5.74, 6) is 0. The van der Waals surface area contributed by atoms with Crippen LogP contribution in [0.3, 0.4) is 0 Å². The smallest absolute Gasteiger partial charge is 0.0861 e. The Morgan fingerprint density at radius 3 is 2.29 bits per heavy atom. The monoisotopic (exact) mass is 206 g/mol. The van der Waals surface area contributed by atoms with Crippen LogP contribution in [0.1, 0.15) is 46.0 Å². The zero-order valence-electron chi connectivity index (χ0n) is 9.97. The third kappa shape index (κ3) is 3.95. The number of rotatable bonds is 4. The van der Waals surface area contributed by atoms with Gasteiger partial charge in [-0.05, 0) is 19.8 Å². The summed E-state index contributed by atoms with van der Waals surface area (Å²) in [4.78, 5) is 0. The highest BCUT2D eigenvalue weighted by Crippen LogP contribution is 2.24. The van der Waals surface area contributed by atoms with Crippen LogP contribution in [0, 0.1) is 0 Å². The van der Waals surface area contributed by atoms with Gasteiger partial charge in [0.15, 0.2) is 0 Å². The average molecular weight is 206 g/mol. The van der Waals surface area contributed by atoms with Crippen molar-refractivity contribution in [1.82, 2.24) is 0 Å². The Balaban J connectivity index is 0. The minimum absolute atomic E-state index is 0. The van der Waals surface area contributed by atoms with Gasteiger partial charge in [-0.1, -0.05) is 13.3 Å². The van der Waals surface area contributed by atoms with Crippen molar-refractivity contribution in [3.05, 3.63) is 0 Å². The summed E-state index contributed by atoms with van der Waals surface area (Å²) in [6.07, 6.45) is 7.10. The van der Waals surface area contributed by atoms with Crippen LogP contribution in [-0.2, 0) is 0 Å². The van der Waals surface area contributed by atoms with Gasteiger partial charge in [-0.25, -0.2) is 0 Å². The molecule has 0 radical (unpaired) electrons. The first-order valence-electron chi connectivity index (χ1n) is 5.53. The summed E-state index contributed by atoms with van der Waals surface area (Å²) >= 11 is 0. The van der Waals surface area contributed by atoms with Crippen molar-refractivity contribution in [2.75, 3.05) is 20.1 Å². The Labute approximate surface area is 88.3 Å². The second-order valence-electron chi connectivity index (χ2n) is 4.62. The molecule has 88 valence electrons. The zero-order valence-corrected chi connectivity index (χ0v) is 9.97. The first kappa shape index (κ1) is 16.3. The normalized spacial score (nSPS) is 30.6. The molecule has 0 saturated carbocycles. The van der Waals surface area contributed by atoms with Gasteiger partial charge in [0.1, 0.15) is 0 Å². The molecule has 0 aromatic carbocycles. The van der Waals surface area contributed by atoms with E-state index in [-0.39, 0.29) is 11.0 Å². The third-order valence-corrected chi connectivity index (χ3v) is 3.63. The summed E-state index contributed by atoms with van der Waals surface area (Å²) in [6, 6.07) is 0.918. The Morgan fingerprint density at radius 1 is 1.21 bits per heavy atom. The van der Waals surface area contributed by atoms with Gasteiger partial charge in [0.05, 0.1) is 26.2 Å². The predicted molar refractivity (Wildman–Crippen MR) is 61.4 cm³/mol. The molecule has 1 rings (SSSR count). The SMILES string of the molecule is CCCCC[N+]1(C)CCCC1C.O.O. The van der Waals surface area contributed by atoms with Gasteiger partial charge in [-0.3, -0.25) is 0 Å². The largest absolute Gasteiger partial charge is 0.412 e. The highest BCUT2D eigenvalue weighted by Gasteiger charge is 2.33. The van der Waals surface area contributed by atoms with Crippen molar-refractivity contribution in [2.45, 2.75) is 52.0 Å². The zero-order chi connectivity index (χ0) is 9.03. The van der Waals surface area contributed by atoms with E-state index in [2.05, 4.69) is 20.9 Å². The summed E-state index contributed by atoms with van der Waals surface area (Å²) in [5, 5.41) is 0. The van der Waals surface area contributed by atoms with E-state index >= 15 is 0 Å². The number of nitrogens with zero attached hydrogens (tertiary/aromatic N) is 1. The Hall–Kier alpha value is -0.120. The lowest BCUT2D eigenvalue weighted by atomic mass is 10.2. The topological polar surface area (TPSA) is 63.0 Å². The molecule has 0 aliphatic carbocycles. The van der Waals surface area contributed by atoms with Crippen molar-refractivity contribution in [2.24, 2.45) is 0 Å². The lowest BCUT2D eigenvalue weighted by Crippen LogP contribution is -2.47. The van der Waals surface area contributed by atoms with Gasteiger partial charge in [-0.2, -0.15) is 0 Å². The van der Waals surface area contributed by atoms with Crippen LogP contribution in [-0.4, -0.2) is 41.6 Å². The van der Waals surface area contributed by atoms with Crippen LogP contribution in [0.2, 0.25) is 0 Å². The van der Waals surface area contributed by atoms with Crippen LogP contribution in [0.25, 0.3) is 0 Å². The van der Waals surface area contributed by atoms with Gasteiger partial charge >= 0.3 is 0 Å². The van der Waals surface area contributed by atoms with E-state index in [0.29, 0.717) is 0 Å². The second-order valence-corrected chi connectivity index (χ2v) is 4.62. The van der Waals surface area contributed by atoms with E-state index in [4.69, 9.17) is 0 Å². The van der Waals surface area contributed by atoms with Crippen LogP contribution >= 0.6 is 0 Å². The standard InChI is InChI=1S/C11H24N.2H2O/c1-4-5-6-9-12(3)10-7-8-11(12)2;;/h11H,4-10H2,1-3H3;2*1H2/q+1;;. The molecule has 1 aliphatic rings. The molecular formula is C11H28NO2+. The quantitative estimate of drug-likeness (QED) is 0.489. The van der Waals surface area contributed by atoms with E-state index in [1.165, 1.54) is 49.7 Å².